The lowest BCUT2D eigenvalue weighted by Gasteiger charge is -2.29. The fourth-order valence-electron chi connectivity index (χ4n) is 4.73. The smallest absolute Gasteiger partial charge is 0.174 e. The Morgan fingerprint density at radius 3 is 2.55 bits per heavy atom. The second-order valence-corrected chi connectivity index (χ2v) is 8.43. The van der Waals surface area contributed by atoms with Gasteiger partial charge in [-0.3, -0.25) is 9.97 Å². The van der Waals surface area contributed by atoms with E-state index in [0.717, 1.165) is 34.2 Å². The van der Waals surface area contributed by atoms with E-state index in [1.165, 1.54) is 5.56 Å². The summed E-state index contributed by atoms with van der Waals surface area (Å²) in [7, 11) is 1.69. The number of aryl methyl sites for hydroxylation is 1. The third-order valence-electron chi connectivity index (χ3n) is 6.14. The summed E-state index contributed by atoms with van der Waals surface area (Å²) in [6, 6.07) is 20.0. The Hall–Kier alpha value is -3.71. The van der Waals surface area contributed by atoms with Gasteiger partial charge in [0.1, 0.15) is 5.75 Å². The fraction of sp³-hybridized carbons (Fsp3) is 0.192. The minimum absolute atomic E-state index is 0.111. The maximum Gasteiger partial charge on any atom is 0.174 e. The Morgan fingerprint density at radius 2 is 1.82 bits per heavy atom. The minimum atomic E-state index is -0.119. The highest BCUT2D eigenvalue weighted by Crippen LogP contribution is 2.45. The molecule has 0 spiro atoms. The van der Waals surface area contributed by atoms with Gasteiger partial charge in [0.25, 0.3) is 0 Å². The van der Waals surface area contributed by atoms with Crippen LogP contribution in [0, 0.1) is 13.8 Å². The van der Waals surface area contributed by atoms with Crippen LogP contribution in [0.3, 0.4) is 0 Å². The van der Waals surface area contributed by atoms with Crippen molar-refractivity contribution >= 4 is 23.0 Å². The Bertz CT molecular complexity index is 1290. The summed E-state index contributed by atoms with van der Waals surface area (Å²) in [4.78, 5) is 11.1. The van der Waals surface area contributed by atoms with Gasteiger partial charge in [-0.05, 0) is 74.1 Å². The molecule has 0 bridgehead atoms. The zero-order valence-electron chi connectivity index (χ0n) is 18.8. The molecule has 0 saturated carbocycles. The molecule has 5 rings (SSSR count). The van der Waals surface area contributed by atoms with Crippen molar-refractivity contribution in [2.24, 2.45) is 0 Å². The topological polar surface area (TPSA) is 55.2 Å². The average molecular weight is 456 g/mol. The zero-order chi connectivity index (χ0) is 22.9. The van der Waals surface area contributed by atoms with Crippen molar-refractivity contribution in [1.29, 1.82) is 0 Å². The lowest BCUT2D eigenvalue weighted by Crippen LogP contribution is -2.30. The molecule has 3 aromatic heterocycles. The van der Waals surface area contributed by atoms with Crippen LogP contribution in [-0.2, 0) is 0 Å². The first-order valence-corrected chi connectivity index (χ1v) is 11.2. The first-order chi connectivity index (χ1) is 16.1. The first-order valence-electron chi connectivity index (χ1n) is 10.8. The van der Waals surface area contributed by atoms with E-state index in [1.54, 1.807) is 13.3 Å². The van der Waals surface area contributed by atoms with Crippen molar-refractivity contribution in [3.05, 3.63) is 102 Å². The van der Waals surface area contributed by atoms with E-state index in [0.29, 0.717) is 5.11 Å². The third-order valence-corrected chi connectivity index (χ3v) is 6.45. The van der Waals surface area contributed by atoms with Crippen molar-refractivity contribution in [3.8, 4) is 11.4 Å². The molecule has 1 aliphatic heterocycles. The van der Waals surface area contributed by atoms with Crippen LogP contribution in [0.25, 0.3) is 5.69 Å². The lowest BCUT2D eigenvalue weighted by atomic mass is 9.96. The monoisotopic (exact) mass is 455 g/mol. The molecule has 4 aromatic rings. The van der Waals surface area contributed by atoms with Gasteiger partial charge >= 0.3 is 0 Å². The van der Waals surface area contributed by atoms with Gasteiger partial charge in [0, 0.05) is 23.8 Å². The molecule has 1 N–H and O–H groups in total. The second kappa shape index (κ2) is 8.67. The van der Waals surface area contributed by atoms with Crippen molar-refractivity contribution in [2.45, 2.75) is 25.9 Å². The van der Waals surface area contributed by atoms with Gasteiger partial charge < -0.3 is 19.5 Å². The highest BCUT2D eigenvalue weighted by molar-refractivity contribution is 7.80. The zero-order valence-corrected chi connectivity index (χ0v) is 19.6. The average Bonchev–Trinajstić information content (AvgIpc) is 3.35. The largest absolute Gasteiger partial charge is 0.495 e. The van der Waals surface area contributed by atoms with Gasteiger partial charge in [0.15, 0.2) is 5.11 Å². The molecular formula is C26H25N5OS. The maximum absolute atomic E-state index is 5.88. The number of para-hydroxylation sites is 2. The molecule has 1 aliphatic rings. The van der Waals surface area contributed by atoms with Gasteiger partial charge in [-0.1, -0.05) is 18.2 Å². The van der Waals surface area contributed by atoms with Gasteiger partial charge in [0.2, 0.25) is 0 Å². The number of benzene rings is 1. The van der Waals surface area contributed by atoms with E-state index in [-0.39, 0.29) is 12.1 Å². The Kier molecular flexibility index (Phi) is 5.56. The molecular weight excluding hydrogens is 430 g/mol. The molecule has 0 aliphatic carbocycles. The number of nitrogens with zero attached hydrogens (tertiary/aromatic N) is 4. The number of methoxy groups -OCH3 is 1. The summed E-state index contributed by atoms with van der Waals surface area (Å²) >= 11 is 5.88. The summed E-state index contributed by atoms with van der Waals surface area (Å²) < 4.78 is 7.94. The molecule has 4 heterocycles. The molecule has 1 aromatic carbocycles. The van der Waals surface area contributed by atoms with Gasteiger partial charge in [-0.15, -0.1) is 0 Å². The molecule has 0 unspecified atom stereocenters. The van der Waals surface area contributed by atoms with Crippen LogP contribution in [0.2, 0.25) is 0 Å². The SMILES string of the molecule is COc1ccccc1N1C(=S)N[C@@H](c2ccccn2)[C@@H]1c1cc(C)n(-c2cccnc2)c1C. The standard InChI is InChI=1S/C26H25N5OS/c1-17-15-20(18(2)30(17)19-9-8-13-27-16-19)25-24(21-10-6-7-14-28-21)29-26(33)31(25)22-11-4-5-12-23(22)32-3/h4-16,24-25H,1-3H3,(H,29,33)/t24-,25-/m0/s1. The lowest BCUT2D eigenvalue weighted by molar-refractivity contribution is 0.414. The Morgan fingerprint density at radius 1 is 1.00 bits per heavy atom. The minimum Gasteiger partial charge on any atom is -0.495 e. The molecule has 33 heavy (non-hydrogen) atoms. The van der Waals surface area contributed by atoms with Crippen molar-refractivity contribution in [3.63, 3.8) is 0 Å². The molecule has 7 heteroatoms. The molecule has 1 fully saturated rings. The maximum atomic E-state index is 5.88. The van der Waals surface area contributed by atoms with Gasteiger partial charge in [-0.2, -0.15) is 0 Å². The highest BCUT2D eigenvalue weighted by atomic mass is 32.1. The van der Waals surface area contributed by atoms with Crippen LogP contribution in [-0.4, -0.2) is 26.8 Å². The molecule has 2 atom stereocenters. The number of nitrogens with one attached hydrogen (secondary N) is 1. The second-order valence-electron chi connectivity index (χ2n) is 8.04. The molecule has 6 nitrogen and oxygen atoms in total. The third kappa shape index (κ3) is 3.64. The van der Waals surface area contributed by atoms with Crippen LogP contribution < -0.4 is 15.0 Å². The van der Waals surface area contributed by atoms with Gasteiger partial charge in [-0.25, -0.2) is 0 Å². The summed E-state index contributed by atoms with van der Waals surface area (Å²) in [6.07, 6.45) is 5.50. The van der Waals surface area contributed by atoms with Crippen LogP contribution in [0.15, 0.2) is 79.3 Å². The summed E-state index contributed by atoms with van der Waals surface area (Å²) in [5.74, 6) is 0.773. The number of anilines is 1. The summed E-state index contributed by atoms with van der Waals surface area (Å²) in [5, 5.41) is 4.18. The van der Waals surface area contributed by atoms with Crippen LogP contribution in [0.4, 0.5) is 5.69 Å². The molecule has 0 radical (unpaired) electrons. The number of ether oxygens (including phenoxy) is 1. The number of thiocarbonyl (C=S) groups is 1. The fourth-order valence-corrected chi connectivity index (χ4v) is 5.07. The quantitative estimate of drug-likeness (QED) is 0.424. The van der Waals surface area contributed by atoms with Crippen LogP contribution in [0.5, 0.6) is 5.75 Å². The Balaban J connectivity index is 1.71. The molecule has 166 valence electrons. The number of rotatable bonds is 5. The Labute approximate surface area is 198 Å². The van der Waals surface area contributed by atoms with Gasteiger partial charge in [0.05, 0.1) is 42.5 Å². The number of hydrogen-bond acceptors (Lipinski definition) is 4. The van der Waals surface area contributed by atoms with Crippen molar-refractivity contribution in [2.75, 3.05) is 12.0 Å². The van der Waals surface area contributed by atoms with E-state index in [2.05, 4.69) is 50.7 Å². The molecule has 0 amide bonds. The van der Waals surface area contributed by atoms with Crippen molar-refractivity contribution in [1.82, 2.24) is 19.9 Å². The number of hydrogen-bond donors (Lipinski definition) is 1. The van der Waals surface area contributed by atoms with Crippen LogP contribution >= 0.6 is 12.2 Å². The number of aromatic nitrogens is 3. The summed E-state index contributed by atoms with van der Waals surface area (Å²) in [5.41, 5.74) is 6.34. The summed E-state index contributed by atoms with van der Waals surface area (Å²) in [6.45, 7) is 4.26. The van der Waals surface area contributed by atoms with E-state index in [1.807, 2.05) is 60.9 Å². The number of pyridine rings is 2. The van der Waals surface area contributed by atoms with Crippen LogP contribution in [0.1, 0.15) is 34.7 Å². The molecule has 1 saturated heterocycles. The predicted molar refractivity (Wildman–Crippen MR) is 134 cm³/mol. The van der Waals surface area contributed by atoms with Crippen molar-refractivity contribution < 1.29 is 4.74 Å². The van der Waals surface area contributed by atoms with E-state index >= 15 is 0 Å². The highest BCUT2D eigenvalue weighted by Gasteiger charge is 2.43. The van der Waals surface area contributed by atoms with E-state index in [4.69, 9.17) is 17.0 Å². The predicted octanol–water partition coefficient (Wildman–Crippen LogP) is 5.07. The normalized spacial score (nSPS) is 17.8. The van der Waals surface area contributed by atoms with E-state index in [9.17, 15) is 0 Å². The van der Waals surface area contributed by atoms with E-state index < -0.39 is 0 Å². The first kappa shape index (κ1) is 21.2.